The summed E-state index contributed by atoms with van der Waals surface area (Å²) in [6.07, 6.45) is 60.7. The second-order valence-corrected chi connectivity index (χ2v) is 21.4. The Bertz CT molecular complexity index is 1140. The molecule has 0 rings (SSSR count). The molecule has 9 heteroatoms. The molecule has 0 aliphatic carbocycles. The first-order valence-electron chi connectivity index (χ1n) is 27.7. The number of nitrogens with zero attached hydrogens (tertiary/aromatic N) is 1. The number of carbonyl (C=O) groups is 1. The molecule has 0 aromatic rings. The second-order valence-electron chi connectivity index (χ2n) is 19.9. The first kappa shape index (κ1) is 63.7. The lowest BCUT2D eigenvalue weighted by molar-refractivity contribution is -0.870. The van der Waals surface area contributed by atoms with Crippen molar-refractivity contribution in [2.75, 3.05) is 54.1 Å². The zero-order valence-corrected chi connectivity index (χ0v) is 44.6. The zero-order chi connectivity index (χ0) is 47.6. The topological polar surface area (TPSA) is 91.3 Å². The molecule has 0 radical (unpaired) electrons. The van der Waals surface area contributed by atoms with Crippen molar-refractivity contribution < 1.29 is 37.3 Å². The molecule has 0 fully saturated rings. The van der Waals surface area contributed by atoms with Crippen LogP contribution in [0.1, 0.15) is 258 Å². The van der Waals surface area contributed by atoms with Crippen LogP contribution in [0.3, 0.4) is 0 Å². The number of esters is 1. The van der Waals surface area contributed by atoms with Gasteiger partial charge in [-0.25, -0.2) is 4.57 Å². The minimum Gasteiger partial charge on any atom is -0.457 e. The fourth-order valence-electron chi connectivity index (χ4n) is 7.98. The molecule has 2 unspecified atom stereocenters. The van der Waals surface area contributed by atoms with Gasteiger partial charge in [0.2, 0.25) is 0 Å². The van der Waals surface area contributed by atoms with Crippen LogP contribution in [0.25, 0.3) is 0 Å². The molecule has 0 aromatic heterocycles. The first-order chi connectivity index (χ1) is 31.6. The maximum atomic E-state index is 12.8. The van der Waals surface area contributed by atoms with E-state index in [0.29, 0.717) is 24.1 Å². The molecule has 2 atom stereocenters. The Kier molecular flexibility index (Phi) is 48.2. The number of rotatable bonds is 52. The number of likely N-dealkylation sites (N-methyl/N-ethyl adjacent to an activating group) is 1. The van der Waals surface area contributed by atoms with Gasteiger partial charge in [-0.2, -0.15) is 0 Å². The minimum atomic E-state index is -4.28. The molecule has 65 heavy (non-hydrogen) atoms. The molecule has 0 heterocycles. The Morgan fingerprint density at radius 3 is 1.34 bits per heavy atom. The van der Waals surface area contributed by atoms with Crippen LogP contribution >= 0.6 is 7.82 Å². The van der Waals surface area contributed by atoms with Crippen molar-refractivity contribution in [1.82, 2.24) is 0 Å². The van der Waals surface area contributed by atoms with Gasteiger partial charge >= 0.3 is 13.8 Å². The molecular weight excluding hydrogens is 830 g/mol. The fraction of sp³-hybridized carbons (Fsp3) is 0.875. The summed E-state index contributed by atoms with van der Waals surface area (Å²) in [6, 6.07) is 0. The van der Waals surface area contributed by atoms with E-state index >= 15 is 0 Å². The van der Waals surface area contributed by atoms with Crippen molar-refractivity contribution in [3.05, 3.63) is 36.5 Å². The lowest BCUT2D eigenvalue weighted by Gasteiger charge is -2.24. The molecule has 1 N–H and O–H groups in total. The quantitative estimate of drug-likeness (QED) is 0.0214. The van der Waals surface area contributed by atoms with Gasteiger partial charge in [0.05, 0.1) is 34.4 Å². The van der Waals surface area contributed by atoms with E-state index in [1.165, 1.54) is 180 Å². The lowest BCUT2D eigenvalue weighted by Crippen LogP contribution is -2.37. The van der Waals surface area contributed by atoms with Gasteiger partial charge in [-0.15, -0.1) is 0 Å². The molecule has 0 saturated heterocycles. The maximum absolute atomic E-state index is 12.8. The van der Waals surface area contributed by atoms with Gasteiger partial charge in [0, 0.05) is 13.0 Å². The number of phosphoric ester groups is 1. The number of unbranched alkanes of at least 4 members (excludes halogenated alkanes) is 32. The van der Waals surface area contributed by atoms with Crippen molar-refractivity contribution in [1.29, 1.82) is 0 Å². The van der Waals surface area contributed by atoms with Crippen LogP contribution in [0, 0.1) is 0 Å². The predicted molar refractivity (Wildman–Crippen MR) is 280 cm³/mol. The lowest BCUT2D eigenvalue weighted by atomic mass is 10.0. The van der Waals surface area contributed by atoms with Crippen LogP contribution in [0.15, 0.2) is 36.5 Å². The SMILES string of the molecule is CC/C=C\C/C=C\C/C=C\CCCCCCCCCC(=O)OC(COCCCCCCCCCCCCCCCCCCCCCCCCCCCC)COP(=O)(O)OCC[N+](C)(C)C. The monoisotopic (exact) mass is 939 g/mol. The Hall–Kier alpha value is -1.28. The highest BCUT2D eigenvalue weighted by Gasteiger charge is 2.26. The van der Waals surface area contributed by atoms with E-state index in [1.54, 1.807) is 0 Å². The van der Waals surface area contributed by atoms with Gasteiger partial charge in [0.15, 0.2) is 0 Å². The third-order valence-corrected chi connectivity index (χ3v) is 13.2. The van der Waals surface area contributed by atoms with Crippen LogP contribution < -0.4 is 0 Å². The molecule has 0 amide bonds. The summed E-state index contributed by atoms with van der Waals surface area (Å²) >= 11 is 0. The van der Waals surface area contributed by atoms with Crippen molar-refractivity contribution in [3.63, 3.8) is 0 Å². The van der Waals surface area contributed by atoms with Crippen molar-refractivity contribution >= 4 is 13.8 Å². The standard InChI is InChI=1S/C56H108NO7P/c1-6-8-10-12-14-16-18-20-22-24-25-26-27-28-29-30-31-32-34-36-38-40-42-44-46-48-51-61-53-55(54-63-65(59,60)62-52-50-57(3,4)5)64-56(58)49-47-45-43-41-39-37-35-33-23-21-19-17-15-13-11-9-7-2/h9,11,15,17,21,23,55H,6-8,10,12-14,16,18-20,22,24-54H2,1-5H3/p+1/b11-9-,17-15-,23-21-. The van der Waals surface area contributed by atoms with Gasteiger partial charge in [-0.3, -0.25) is 13.8 Å². The number of phosphoric acid groups is 1. The Labute approximate surface area is 404 Å². The van der Waals surface area contributed by atoms with Crippen molar-refractivity contribution in [2.45, 2.75) is 264 Å². The van der Waals surface area contributed by atoms with Crippen LogP contribution in [0.2, 0.25) is 0 Å². The summed E-state index contributed by atoms with van der Waals surface area (Å²) in [6.45, 7) is 5.55. The van der Waals surface area contributed by atoms with E-state index in [9.17, 15) is 14.3 Å². The van der Waals surface area contributed by atoms with Crippen LogP contribution in [-0.4, -0.2) is 75.6 Å². The third kappa shape index (κ3) is 53.5. The van der Waals surface area contributed by atoms with E-state index in [-0.39, 0.29) is 25.8 Å². The first-order valence-corrected chi connectivity index (χ1v) is 29.2. The molecule has 0 aliphatic heterocycles. The van der Waals surface area contributed by atoms with E-state index in [1.807, 2.05) is 21.1 Å². The Morgan fingerprint density at radius 1 is 0.492 bits per heavy atom. The number of hydrogen-bond donors (Lipinski definition) is 1. The molecule has 384 valence electrons. The Morgan fingerprint density at radius 2 is 0.892 bits per heavy atom. The highest BCUT2D eigenvalue weighted by atomic mass is 31.2. The van der Waals surface area contributed by atoms with E-state index in [2.05, 4.69) is 50.3 Å². The summed E-state index contributed by atoms with van der Waals surface area (Å²) in [4.78, 5) is 23.0. The molecule has 0 aromatic carbocycles. The average Bonchev–Trinajstić information content (AvgIpc) is 3.27. The van der Waals surface area contributed by atoms with Crippen molar-refractivity contribution in [2.24, 2.45) is 0 Å². The summed E-state index contributed by atoms with van der Waals surface area (Å²) in [5.41, 5.74) is 0. The number of carbonyl (C=O) groups excluding carboxylic acids is 1. The maximum Gasteiger partial charge on any atom is 0.472 e. The fourth-order valence-corrected chi connectivity index (χ4v) is 8.72. The summed E-state index contributed by atoms with van der Waals surface area (Å²) in [5.74, 6) is -0.319. The smallest absolute Gasteiger partial charge is 0.457 e. The average molecular weight is 939 g/mol. The van der Waals surface area contributed by atoms with E-state index in [4.69, 9.17) is 18.5 Å². The zero-order valence-electron chi connectivity index (χ0n) is 43.7. The van der Waals surface area contributed by atoms with Gasteiger partial charge < -0.3 is 18.9 Å². The summed E-state index contributed by atoms with van der Waals surface area (Å²) < 4.78 is 35.2. The minimum absolute atomic E-state index is 0.0876. The van der Waals surface area contributed by atoms with Crippen molar-refractivity contribution in [3.8, 4) is 0 Å². The molecular formula is C56H109NO7P+. The molecule has 0 aliphatic rings. The summed E-state index contributed by atoms with van der Waals surface area (Å²) in [7, 11) is 1.67. The number of ether oxygens (including phenoxy) is 2. The number of allylic oxidation sites excluding steroid dienone is 6. The van der Waals surface area contributed by atoms with Gasteiger partial charge in [0.1, 0.15) is 19.3 Å². The normalized spacial score (nSPS) is 13.8. The predicted octanol–water partition coefficient (Wildman–Crippen LogP) is 17.3. The summed E-state index contributed by atoms with van der Waals surface area (Å²) in [5, 5.41) is 0. The van der Waals surface area contributed by atoms with Gasteiger partial charge in [-0.1, -0.05) is 243 Å². The highest BCUT2D eigenvalue weighted by molar-refractivity contribution is 7.47. The third-order valence-electron chi connectivity index (χ3n) is 12.2. The molecule has 0 bridgehead atoms. The van der Waals surface area contributed by atoms with E-state index < -0.39 is 13.9 Å². The van der Waals surface area contributed by atoms with Crippen LogP contribution in [0.4, 0.5) is 0 Å². The molecule has 8 nitrogen and oxygen atoms in total. The number of quaternary nitrogens is 1. The number of hydrogen-bond acceptors (Lipinski definition) is 6. The van der Waals surface area contributed by atoms with E-state index in [0.717, 1.165) is 57.8 Å². The molecule has 0 spiro atoms. The van der Waals surface area contributed by atoms with Crippen LogP contribution in [0.5, 0.6) is 0 Å². The molecule has 0 saturated carbocycles. The largest absolute Gasteiger partial charge is 0.472 e. The van der Waals surface area contributed by atoms with Crippen LogP contribution in [-0.2, 0) is 27.9 Å². The van der Waals surface area contributed by atoms with Gasteiger partial charge in [-0.05, 0) is 44.9 Å². The van der Waals surface area contributed by atoms with Gasteiger partial charge in [0.25, 0.3) is 0 Å². The highest BCUT2D eigenvalue weighted by Crippen LogP contribution is 2.43. The Balaban J connectivity index is 4.02. The second kappa shape index (κ2) is 49.2.